The van der Waals surface area contributed by atoms with Gasteiger partial charge in [-0.15, -0.1) is 10.2 Å². The molecule has 1 aromatic rings. The molecule has 0 unspecified atom stereocenters. The zero-order valence-corrected chi connectivity index (χ0v) is 47.1. The Labute approximate surface area is 459 Å². The number of Topliss-reactive ketones (excluding diaryl/α,β-unsaturated/α-hetero) is 1. The summed E-state index contributed by atoms with van der Waals surface area (Å²) >= 11 is 0. The number of rotatable bonds is 29. The van der Waals surface area contributed by atoms with Crippen LogP contribution in [0.2, 0.25) is 0 Å². The fourth-order valence-corrected chi connectivity index (χ4v) is 10.4. The highest BCUT2D eigenvalue weighted by Gasteiger charge is 2.65. The van der Waals surface area contributed by atoms with E-state index in [1.54, 1.807) is 20.8 Å². The SMILES string of the molecule is COc1cc(C2(C(F)(F)F)N=N2)ccc1C(=O)NCCNC(=O)CO/N=C(/C)[C@@H](C)CC[C@@H]1O[C@@]2(CC[C@H]1C)CC[C@H](C)[C@H]([C@H](C)CC[C@H](O)[C@H](C)C(=O)C[C@@H](O)[C@H](OC)[C@H](OC(=O)C[C@@H](O)C1=C(C)C(=O)OC1=O)C(C)C)O2. The molecule has 0 aliphatic carbocycles. The Balaban J connectivity index is 1.02. The van der Waals surface area contributed by atoms with Gasteiger partial charge >= 0.3 is 29.7 Å². The van der Waals surface area contributed by atoms with Gasteiger partial charge < -0.3 is 59.2 Å². The lowest BCUT2D eigenvalue weighted by atomic mass is 9.79. The van der Waals surface area contributed by atoms with E-state index < -0.39 is 108 Å². The topological polar surface area (TPSA) is 289 Å². The fraction of sp³-hybridized carbons (Fsp3) is 0.727. The Morgan fingerprint density at radius 3 is 2.13 bits per heavy atom. The van der Waals surface area contributed by atoms with Gasteiger partial charge in [0, 0.05) is 56.5 Å². The molecule has 24 heteroatoms. The van der Waals surface area contributed by atoms with Gasteiger partial charge in [0.15, 0.2) is 12.4 Å². The van der Waals surface area contributed by atoms with Crippen molar-refractivity contribution >= 4 is 41.2 Å². The molecule has 2 fully saturated rings. The number of cyclic esters (lactones) is 2. The smallest absolute Gasteiger partial charge is 0.442 e. The van der Waals surface area contributed by atoms with Crippen LogP contribution in [0.1, 0.15) is 142 Å². The van der Waals surface area contributed by atoms with Gasteiger partial charge in [0.05, 0.1) is 60.9 Å². The summed E-state index contributed by atoms with van der Waals surface area (Å²) in [6, 6.07) is 3.38. The number of carbonyl (C=O) groups is 6. The summed E-state index contributed by atoms with van der Waals surface area (Å²) in [5.74, 6) is -6.06. The minimum Gasteiger partial charge on any atom is -0.496 e. The van der Waals surface area contributed by atoms with Crippen LogP contribution in [0.3, 0.4) is 0 Å². The van der Waals surface area contributed by atoms with Crippen LogP contribution in [0, 0.1) is 35.5 Å². The van der Waals surface area contributed by atoms with E-state index in [1.807, 2.05) is 13.8 Å². The molecule has 1 spiro atoms. The van der Waals surface area contributed by atoms with E-state index >= 15 is 0 Å². The third-order valence-electron chi connectivity index (χ3n) is 15.8. The summed E-state index contributed by atoms with van der Waals surface area (Å²) in [6.45, 7) is 16.2. The van der Waals surface area contributed by atoms with Crippen molar-refractivity contribution in [2.45, 2.75) is 187 Å². The van der Waals surface area contributed by atoms with E-state index in [0.29, 0.717) is 18.6 Å². The normalized spacial score (nSPS) is 25.2. The highest BCUT2D eigenvalue weighted by molar-refractivity contribution is 6.12. The average Bonchev–Trinajstić information content (AvgIpc) is 4.18. The second kappa shape index (κ2) is 27.9. The van der Waals surface area contributed by atoms with Crippen LogP contribution in [0.4, 0.5) is 13.2 Å². The number of ether oxygens (including phenoxy) is 6. The second-order valence-corrected chi connectivity index (χ2v) is 22.0. The Kier molecular flexibility index (Phi) is 22.7. The molecule has 1 aromatic carbocycles. The lowest BCUT2D eigenvalue weighted by molar-refractivity contribution is -0.338. The maximum Gasteiger partial charge on any atom is 0.442 e. The number of halogens is 3. The molecular weight excluding hydrogens is 1040 g/mol. The summed E-state index contributed by atoms with van der Waals surface area (Å²) in [5, 5.41) is 48.8. The highest BCUT2D eigenvalue weighted by Crippen LogP contribution is 2.53. The molecule has 4 heterocycles. The Bertz CT molecular complexity index is 2430. The molecule has 2 amide bonds. The zero-order valence-electron chi connectivity index (χ0n) is 47.1. The summed E-state index contributed by atoms with van der Waals surface area (Å²) in [4.78, 5) is 80.8. The number of aliphatic hydroxyl groups excluding tert-OH is 3. The number of methoxy groups -OCH3 is 2. The van der Waals surface area contributed by atoms with Gasteiger partial charge in [-0.3, -0.25) is 19.2 Å². The zero-order chi connectivity index (χ0) is 58.7. The standard InChI is InChI=1S/C55H80F3N5O16/c1-28(2)47(76-45(69)26-40(66)46-34(8)51(71)77-52(46)72)49(74-11)41(67)25-39(65)33(7)38(64)16-12-31(5)48-32(6)19-21-53(79-48)20-18-30(4)42(78-53)17-13-29(3)35(9)61-75-27-44(68)59-22-23-60-50(70)37-15-14-36(24-43(37)73-10)54(62-63-54)55(56,57)58/h14-15,24,28-33,38,40-42,47-49,64,66-67H,12-13,16-23,25-27H2,1-11H3,(H,59,68)(H,60,70)/b61-35-/t29-,30+,31+,32-,33-,38-,40+,41+,42-,47+,48-,49-,53+/m0/s1. The van der Waals surface area contributed by atoms with Crippen LogP contribution < -0.4 is 15.4 Å². The number of nitrogens with zero attached hydrogens (tertiary/aromatic N) is 3. The van der Waals surface area contributed by atoms with E-state index in [1.165, 1.54) is 27.2 Å². The lowest BCUT2D eigenvalue weighted by Gasteiger charge is -2.51. The van der Waals surface area contributed by atoms with Gasteiger partial charge in [0.2, 0.25) is 0 Å². The molecule has 0 saturated carbocycles. The van der Waals surface area contributed by atoms with Gasteiger partial charge in [0.25, 0.3) is 11.8 Å². The first-order chi connectivity index (χ1) is 37.1. The molecule has 2 saturated heterocycles. The monoisotopic (exact) mass is 1120 g/mol. The quantitative estimate of drug-likeness (QED) is 0.0193. The highest BCUT2D eigenvalue weighted by atomic mass is 19.4. The van der Waals surface area contributed by atoms with Gasteiger partial charge in [0.1, 0.15) is 23.7 Å². The molecule has 5 rings (SSSR count). The van der Waals surface area contributed by atoms with Crippen molar-refractivity contribution in [2.75, 3.05) is 33.9 Å². The summed E-state index contributed by atoms with van der Waals surface area (Å²) in [7, 11) is 2.52. The molecule has 21 nitrogen and oxygen atoms in total. The van der Waals surface area contributed by atoms with Gasteiger partial charge in [-0.25, -0.2) is 9.59 Å². The predicted octanol–water partition coefficient (Wildman–Crippen LogP) is 6.32. The Morgan fingerprint density at radius 1 is 0.873 bits per heavy atom. The molecule has 0 aromatic heterocycles. The number of carbonyl (C=O) groups excluding carboxylic acids is 6. The van der Waals surface area contributed by atoms with Crippen LogP contribution in [0.15, 0.2) is 44.7 Å². The number of nitrogens with one attached hydrogen (secondary N) is 2. The van der Waals surface area contributed by atoms with E-state index in [4.69, 9.17) is 28.5 Å². The third-order valence-corrected chi connectivity index (χ3v) is 15.8. The van der Waals surface area contributed by atoms with Gasteiger partial charge in [-0.1, -0.05) is 59.7 Å². The average molecular weight is 1120 g/mol. The van der Waals surface area contributed by atoms with Gasteiger partial charge in [-0.2, -0.15) is 13.2 Å². The predicted molar refractivity (Wildman–Crippen MR) is 277 cm³/mol. The van der Waals surface area contributed by atoms with E-state index in [2.05, 4.69) is 51.5 Å². The van der Waals surface area contributed by atoms with Crippen LogP contribution in [0.5, 0.6) is 5.75 Å². The molecular formula is C55H80F3N5O16. The van der Waals surface area contributed by atoms with Crippen molar-refractivity contribution in [3.63, 3.8) is 0 Å². The molecule has 4 aliphatic rings. The summed E-state index contributed by atoms with van der Waals surface area (Å²) in [6.07, 6.45) is -6.88. The van der Waals surface area contributed by atoms with Crippen molar-refractivity contribution < 1.29 is 90.5 Å². The molecule has 0 radical (unpaired) electrons. The fourth-order valence-electron chi connectivity index (χ4n) is 10.4. The molecule has 442 valence electrons. The van der Waals surface area contributed by atoms with Crippen molar-refractivity contribution in [1.29, 1.82) is 0 Å². The van der Waals surface area contributed by atoms with Crippen molar-refractivity contribution in [3.8, 4) is 5.75 Å². The first kappa shape index (κ1) is 64.4. The Morgan fingerprint density at radius 2 is 1.53 bits per heavy atom. The number of alkyl halides is 3. The molecule has 4 aliphatic heterocycles. The van der Waals surface area contributed by atoms with Crippen LogP contribution >= 0.6 is 0 Å². The van der Waals surface area contributed by atoms with Crippen LogP contribution in [0.25, 0.3) is 0 Å². The van der Waals surface area contributed by atoms with Crippen molar-refractivity contribution in [1.82, 2.24) is 10.6 Å². The van der Waals surface area contributed by atoms with E-state index in [0.717, 1.165) is 50.7 Å². The number of amides is 2. The number of hydrogen-bond donors (Lipinski definition) is 5. The minimum atomic E-state index is -4.73. The van der Waals surface area contributed by atoms with Crippen LogP contribution in [-0.4, -0.2) is 145 Å². The number of ketones is 1. The number of esters is 3. The first-order valence-corrected chi connectivity index (χ1v) is 27.1. The lowest BCUT2D eigenvalue weighted by Crippen LogP contribution is -2.53. The maximum atomic E-state index is 13.5. The number of benzene rings is 1. The molecule has 13 atom stereocenters. The van der Waals surface area contributed by atoms with E-state index in [-0.39, 0.29) is 83.6 Å². The third kappa shape index (κ3) is 16.4. The second-order valence-electron chi connectivity index (χ2n) is 22.0. The summed E-state index contributed by atoms with van der Waals surface area (Å²) in [5.41, 5.74) is -2.70. The molecule has 79 heavy (non-hydrogen) atoms. The van der Waals surface area contributed by atoms with Crippen molar-refractivity contribution in [2.24, 2.45) is 50.9 Å². The molecule has 0 bridgehead atoms. The number of hydrogen-bond acceptors (Lipinski definition) is 19. The van der Waals surface area contributed by atoms with Crippen molar-refractivity contribution in [3.05, 3.63) is 40.5 Å². The van der Waals surface area contributed by atoms with Crippen LogP contribution in [-0.2, 0) is 58.2 Å². The summed E-state index contributed by atoms with van der Waals surface area (Å²) < 4.78 is 75.0. The van der Waals surface area contributed by atoms with E-state index in [9.17, 15) is 57.3 Å². The minimum absolute atomic E-state index is 0.00152. The van der Waals surface area contributed by atoms with Gasteiger partial charge in [-0.05, 0) is 94.1 Å². The first-order valence-electron chi connectivity index (χ1n) is 27.1. The number of oxime groups is 1. The largest absolute Gasteiger partial charge is 0.496 e. The number of aliphatic hydroxyl groups is 3. The maximum absolute atomic E-state index is 13.5. The molecule has 5 N–H and O–H groups in total. The Hall–Kier alpha value is -5.40.